The SMILES string of the molecule is Cc1cc(NC(=O)CN2CCCC[C@@H]2c2nc3ccccc3s2)no1. The molecule has 3 aromatic rings. The molecule has 0 spiro atoms. The first-order chi connectivity index (χ1) is 12.2. The molecule has 2 aromatic heterocycles. The van der Waals surface area contributed by atoms with Crippen LogP contribution in [0.2, 0.25) is 0 Å². The summed E-state index contributed by atoms with van der Waals surface area (Å²) in [6, 6.07) is 10.1. The van der Waals surface area contributed by atoms with Crippen LogP contribution >= 0.6 is 11.3 Å². The number of anilines is 1. The second-order valence-corrected chi connectivity index (χ2v) is 7.44. The van der Waals surface area contributed by atoms with Crippen LogP contribution in [0.4, 0.5) is 5.82 Å². The van der Waals surface area contributed by atoms with Crippen LogP contribution in [-0.4, -0.2) is 34.0 Å². The molecule has 1 aliphatic heterocycles. The van der Waals surface area contributed by atoms with Gasteiger partial charge in [0.2, 0.25) is 5.91 Å². The summed E-state index contributed by atoms with van der Waals surface area (Å²) in [4.78, 5) is 19.4. The molecule has 0 unspecified atom stereocenters. The Hall–Kier alpha value is -2.25. The molecule has 4 rings (SSSR count). The summed E-state index contributed by atoms with van der Waals surface area (Å²) in [6.45, 7) is 3.05. The van der Waals surface area contributed by atoms with Crippen molar-refractivity contribution in [2.45, 2.75) is 32.2 Å². The number of carbonyl (C=O) groups is 1. The molecular weight excluding hydrogens is 336 g/mol. The van der Waals surface area contributed by atoms with Crippen molar-refractivity contribution in [1.29, 1.82) is 0 Å². The average Bonchev–Trinajstić information content (AvgIpc) is 3.21. The number of fused-ring (bicyclic) bond motifs is 1. The molecule has 1 aromatic carbocycles. The van der Waals surface area contributed by atoms with Crippen molar-refractivity contribution in [1.82, 2.24) is 15.0 Å². The Labute approximate surface area is 149 Å². The van der Waals surface area contributed by atoms with E-state index >= 15 is 0 Å². The number of nitrogens with one attached hydrogen (secondary N) is 1. The highest BCUT2D eigenvalue weighted by Gasteiger charge is 2.28. The van der Waals surface area contributed by atoms with Gasteiger partial charge in [0.1, 0.15) is 10.8 Å². The minimum absolute atomic E-state index is 0.0682. The highest BCUT2D eigenvalue weighted by molar-refractivity contribution is 7.18. The van der Waals surface area contributed by atoms with Crippen molar-refractivity contribution in [2.75, 3.05) is 18.4 Å². The average molecular weight is 356 g/mol. The monoisotopic (exact) mass is 356 g/mol. The van der Waals surface area contributed by atoms with Crippen molar-refractivity contribution < 1.29 is 9.32 Å². The maximum absolute atomic E-state index is 12.4. The van der Waals surface area contributed by atoms with Gasteiger partial charge in [-0.05, 0) is 38.4 Å². The number of aryl methyl sites for hydroxylation is 1. The Balaban J connectivity index is 1.49. The maximum Gasteiger partial charge on any atom is 0.239 e. The van der Waals surface area contributed by atoms with Gasteiger partial charge in [-0.15, -0.1) is 11.3 Å². The van der Waals surface area contributed by atoms with Crippen LogP contribution in [0.25, 0.3) is 10.2 Å². The lowest BCUT2D eigenvalue weighted by atomic mass is 10.0. The Morgan fingerprint density at radius 3 is 3.08 bits per heavy atom. The van der Waals surface area contributed by atoms with E-state index in [2.05, 4.69) is 21.4 Å². The first-order valence-corrected chi connectivity index (χ1v) is 9.33. The van der Waals surface area contributed by atoms with Gasteiger partial charge in [0.25, 0.3) is 0 Å². The zero-order valence-electron chi connectivity index (χ0n) is 14.1. The Bertz CT molecular complexity index is 855. The predicted molar refractivity (Wildman–Crippen MR) is 97.7 cm³/mol. The van der Waals surface area contributed by atoms with E-state index in [0.717, 1.165) is 29.9 Å². The number of likely N-dealkylation sites (tertiary alicyclic amines) is 1. The summed E-state index contributed by atoms with van der Waals surface area (Å²) in [6.07, 6.45) is 3.31. The number of benzene rings is 1. The fourth-order valence-corrected chi connectivity index (χ4v) is 4.42. The first kappa shape index (κ1) is 16.2. The van der Waals surface area contributed by atoms with Gasteiger partial charge in [0.05, 0.1) is 22.8 Å². The number of hydrogen-bond acceptors (Lipinski definition) is 6. The standard InChI is InChI=1S/C18H20N4O2S/c1-12-10-16(21-24-12)20-17(23)11-22-9-5-4-7-14(22)18-19-13-6-2-3-8-15(13)25-18/h2-3,6,8,10,14H,4-5,7,9,11H2,1H3,(H,20,21,23)/t14-/m1/s1. The molecule has 0 aliphatic carbocycles. The third-order valence-electron chi connectivity index (χ3n) is 4.45. The molecule has 1 saturated heterocycles. The van der Waals surface area contributed by atoms with Gasteiger partial charge in [0, 0.05) is 6.07 Å². The first-order valence-electron chi connectivity index (χ1n) is 8.52. The van der Waals surface area contributed by atoms with Crippen molar-refractivity contribution in [2.24, 2.45) is 0 Å². The number of thiazole rings is 1. The van der Waals surface area contributed by atoms with Gasteiger partial charge in [-0.2, -0.15) is 0 Å². The number of rotatable bonds is 4. The van der Waals surface area contributed by atoms with Gasteiger partial charge in [-0.1, -0.05) is 23.7 Å². The fraction of sp³-hybridized carbons (Fsp3) is 0.389. The summed E-state index contributed by atoms with van der Waals surface area (Å²) in [7, 11) is 0. The van der Waals surface area contributed by atoms with Crippen LogP contribution in [0.3, 0.4) is 0 Å². The van der Waals surface area contributed by atoms with E-state index in [-0.39, 0.29) is 11.9 Å². The van der Waals surface area contributed by atoms with Gasteiger partial charge >= 0.3 is 0 Å². The number of hydrogen-bond donors (Lipinski definition) is 1. The molecule has 130 valence electrons. The van der Waals surface area contributed by atoms with Crippen LogP contribution in [0, 0.1) is 6.92 Å². The van der Waals surface area contributed by atoms with E-state index in [0.29, 0.717) is 18.1 Å². The normalized spacial score (nSPS) is 18.5. The van der Waals surface area contributed by atoms with Gasteiger partial charge in [0.15, 0.2) is 5.82 Å². The zero-order valence-corrected chi connectivity index (χ0v) is 14.9. The fourth-order valence-electron chi connectivity index (χ4n) is 3.28. The molecule has 1 amide bonds. The molecule has 0 radical (unpaired) electrons. The highest BCUT2D eigenvalue weighted by Crippen LogP contribution is 2.35. The predicted octanol–water partition coefficient (Wildman–Crippen LogP) is 3.76. The molecule has 3 heterocycles. The molecule has 1 fully saturated rings. The summed E-state index contributed by atoms with van der Waals surface area (Å²) >= 11 is 1.73. The van der Waals surface area contributed by atoms with Crippen molar-refractivity contribution in [3.63, 3.8) is 0 Å². The Morgan fingerprint density at radius 2 is 2.28 bits per heavy atom. The smallest absolute Gasteiger partial charge is 0.239 e. The lowest BCUT2D eigenvalue weighted by molar-refractivity contribution is -0.118. The molecule has 1 aliphatic rings. The summed E-state index contributed by atoms with van der Waals surface area (Å²) < 4.78 is 6.19. The minimum atomic E-state index is -0.0682. The molecule has 0 saturated carbocycles. The second kappa shape index (κ2) is 6.93. The molecular formula is C18H20N4O2S. The summed E-state index contributed by atoms with van der Waals surface area (Å²) in [5.41, 5.74) is 1.04. The molecule has 1 atom stereocenters. The van der Waals surface area contributed by atoms with Gasteiger partial charge < -0.3 is 9.84 Å². The van der Waals surface area contributed by atoms with Crippen LogP contribution in [0.15, 0.2) is 34.9 Å². The molecule has 1 N–H and O–H groups in total. The Morgan fingerprint density at radius 1 is 1.40 bits per heavy atom. The highest BCUT2D eigenvalue weighted by atomic mass is 32.1. The number of piperidine rings is 1. The van der Waals surface area contributed by atoms with E-state index in [9.17, 15) is 4.79 Å². The van der Waals surface area contributed by atoms with E-state index < -0.39 is 0 Å². The maximum atomic E-state index is 12.4. The molecule has 25 heavy (non-hydrogen) atoms. The zero-order chi connectivity index (χ0) is 17.2. The number of aromatic nitrogens is 2. The van der Waals surface area contributed by atoms with E-state index in [1.807, 2.05) is 18.2 Å². The van der Waals surface area contributed by atoms with E-state index in [1.165, 1.54) is 11.1 Å². The van der Waals surface area contributed by atoms with Crippen LogP contribution in [-0.2, 0) is 4.79 Å². The number of para-hydroxylation sites is 1. The lowest BCUT2D eigenvalue weighted by Gasteiger charge is -2.33. The van der Waals surface area contributed by atoms with Crippen molar-refractivity contribution >= 4 is 33.3 Å². The van der Waals surface area contributed by atoms with E-state index in [1.54, 1.807) is 24.3 Å². The minimum Gasteiger partial charge on any atom is -0.360 e. The van der Waals surface area contributed by atoms with Crippen LogP contribution in [0.1, 0.15) is 36.1 Å². The summed E-state index contributed by atoms with van der Waals surface area (Å²) in [5, 5.41) is 7.73. The second-order valence-electron chi connectivity index (χ2n) is 6.37. The molecule has 6 nitrogen and oxygen atoms in total. The number of amides is 1. The van der Waals surface area contributed by atoms with Crippen LogP contribution in [0.5, 0.6) is 0 Å². The van der Waals surface area contributed by atoms with Crippen LogP contribution < -0.4 is 5.32 Å². The lowest BCUT2D eigenvalue weighted by Crippen LogP contribution is -2.39. The van der Waals surface area contributed by atoms with Crippen molar-refractivity contribution in [3.05, 3.63) is 41.1 Å². The number of carbonyl (C=O) groups excluding carboxylic acids is 1. The largest absolute Gasteiger partial charge is 0.360 e. The molecule has 7 heteroatoms. The van der Waals surface area contributed by atoms with Gasteiger partial charge in [-0.25, -0.2) is 4.98 Å². The third-order valence-corrected chi connectivity index (χ3v) is 5.59. The summed E-state index contributed by atoms with van der Waals surface area (Å²) in [5.74, 6) is 1.08. The quantitative estimate of drug-likeness (QED) is 0.771. The van der Waals surface area contributed by atoms with Crippen molar-refractivity contribution in [3.8, 4) is 0 Å². The van der Waals surface area contributed by atoms with Gasteiger partial charge in [-0.3, -0.25) is 9.69 Å². The number of nitrogens with zero attached hydrogens (tertiary/aromatic N) is 3. The Kier molecular flexibility index (Phi) is 4.50. The topological polar surface area (TPSA) is 71.3 Å². The third kappa shape index (κ3) is 3.57. The molecule has 0 bridgehead atoms. The van der Waals surface area contributed by atoms with E-state index in [4.69, 9.17) is 9.51 Å².